The van der Waals surface area contributed by atoms with E-state index in [9.17, 15) is 0 Å². The minimum atomic E-state index is 1.10. The Hall–Kier alpha value is -4.40. The van der Waals surface area contributed by atoms with Crippen LogP contribution in [-0.2, 0) is 0 Å². The van der Waals surface area contributed by atoms with Gasteiger partial charge in [-0.05, 0) is 57.3 Å². The van der Waals surface area contributed by atoms with Crippen LogP contribution in [0.4, 0.5) is 11.4 Å². The highest BCUT2D eigenvalue weighted by molar-refractivity contribution is 7.26. The molecule has 6 aromatic carbocycles. The van der Waals surface area contributed by atoms with E-state index in [-0.39, 0.29) is 0 Å². The van der Waals surface area contributed by atoms with E-state index >= 15 is 0 Å². The summed E-state index contributed by atoms with van der Waals surface area (Å²) in [5.74, 6) is 0. The average molecular weight is 478 g/mol. The topological polar surface area (TPSA) is 12.0 Å². The Morgan fingerprint density at radius 3 is 2.03 bits per heavy atom. The molecule has 0 saturated heterocycles. The third-order valence-electron chi connectivity index (χ3n) is 6.84. The quantitative estimate of drug-likeness (QED) is 0.266. The van der Waals surface area contributed by atoms with Crippen LogP contribution in [-0.4, -0.2) is 0 Å². The van der Waals surface area contributed by atoms with E-state index in [1.54, 1.807) is 0 Å². The molecular formula is C34H23NS. The first kappa shape index (κ1) is 20.9. The van der Waals surface area contributed by atoms with Gasteiger partial charge in [0, 0.05) is 31.5 Å². The average Bonchev–Trinajstić information content (AvgIpc) is 3.33. The molecule has 0 aliphatic carbocycles. The maximum atomic E-state index is 3.75. The summed E-state index contributed by atoms with van der Waals surface area (Å²) in [6.45, 7) is 0. The molecule has 7 rings (SSSR count). The first-order chi connectivity index (χ1) is 17.8. The van der Waals surface area contributed by atoms with Crippen molar-refractivity contribution in [3.8, 4) is 22.3 Å². The Morgan fingerprint density at radius 1 is 0.500 bits per heavy atom. The monoisotopic (exact) mass is 477 g/mol. The summed E-state index contributed by atoms with van der Waals surface area (Å²) in [6, 6.07) is 47.8. The highest BCUT2D eigenvalue weighted by atomic mass is 32.1. The van der Waals surface area contributed by atoms with Crippen molar-refractivity contribution in [3.05, 3.63) is 133 Å². The molecule has 0 radical (unpaired) electrons. The van der Waals surface area contributed by atoms with Crippen molar-refractivity contribution >= 4 is 53.7 Å². The fraction of sp³-hybridized carbons (Fsp3) is 0. The SMILES string of the molecule is c1ccc(-c2ccc3c(c2)sc2c(-c4ccccc4)ccc(Nc4ccc5ccccc5c4)c23)cc1. The largest absolute Gasteiger partial charge is 0.355 e. The van der Waals surface area contributed by atoms with E-state index in [1.807, 2.05) is 11.3 Å². The van der Waals surface area contributed by atoms with Crippen LogP contribution in [0.1, 0.15) is 0 Å². The number of hydrogen-bond acceptors (Lipinski definition) is 2. The van der Waals surface area contributed by atoms with Gasteiger partial charge in [-0.3, -0.25) is 0 Å². The number of thiophene rings is 1. The fourth-order valence-corrected chi connectivity index (χ4v) is 6.36. The lowest BCUT2D eigenvalue weighted by Crippen LogP contribution is -1.92. The molecule has 0 unspecified atom stereocenters. The lowest BCUT2D eigenvalue weighted by Gasteiger charge is -2.12. The first-order valence-electron chi connectivity index (χ1n) is 12.2. The van der Waals surface area contributed by atoms with Gasteiger partial charge in [0.05, 0.1) is 0 Å². The Morgan fingerprint density at radius 2 is 1.22 bits per heavy atom. The highest BCUT2D eigenvalue weighted by Gasteiger charge is 2.15. The zero-order chi connectivity index (χ0) is 23.9. The van der Waals surface area contributed by atoms with E-state index in [4.69, 9.17) is 0 Å². The van der Waals surface area contributed by atoms with Crippen LogP contribution in [0, 0.1) is 0 Å². The van der Waals surface area contributed by atoms with Crippen molar-refractivity contribution in [1.29, 1.82) is 0 Å². The van der Waals surface area contributed by atoms with E-state index in [0.29, 0.717) is 0 Å². The number of fused-ring (bicyclic) bond motifs is 4. The third kappa shape index (κ3) is 3.64. The molecule has 0 bridgehead atoms. The van der Waals surface area contributed by atoms with Crippen LogP contribution in [0.2, 0.25) is 0 Å². The summed E-state index contributed by atoms with van der Waals surface area (Å²) in [5, 5.41) is 8.81. The second kappa shape index (κ2) is 8.67. The molecule has 0 spiro atoms. The molecule has 0 saturated carbocycles. The van der Waals surface area contributed by atoms with E-state index in [0.717, 1.165) is 11.4 Å². The number of hydrogen-bond donors (Lipinski definition) is 1. The zero-order valence-corrected chi connectivity index (χ0v) is 20.4. The molecule has 1 N–H and O–H groups in total. The summed E-state index contributed by atoms with van der Waals surface area (Å²) < 4.78 is 2.61. The van der Waals surface area contributed by atoms with Gasteiger partial charge in [0.15, 0.2) is 0 Å². The molecule has 1 heterocycles. The van der Waals surface area contributed by atoms with Gasteiger partial charge in [-0.2, -0.15) is 0 Å². The van der Waals surface area contributed by atoms with Crippen molar-refractivity contribution in [1.82, 2.24) is 0 Å². The Bertz CT molecular complexity index is 1850. The smallest absolute Gasteiger partial charge is 0.0479 e. The number of rotatable bonds is 4. The second-order valence-electron chi connectivity index (χ2n) is 9.10. The lowest BCUT2D eigenvalue weighted by atomic mass is 9.99. The van der Waals surface area contributed by atoms with Gasteiger partial charge in [-0.1, -0.05) is 109 Å². The molecule has 170 valence electrons. The summed E-state index contributed by atoms with van der Waals surface area (Å²) in [5.41, 5.74) is 7.25. The summed E-state index contributed by atoms with van der Waals surface area (Å²) in [4.78, 5) is 0. The van der Waals surface area contributed by atoms with Crippen LogP contribution in [0.25, 0.3) is 53.2 Å². The van der Waals surface area contributed by atoms with Gasteiger partial charge < -0.3 is 5.32 Å². The Kier molecular flexibility index (Phi) is 5.04. The summed E-state index contributed by atoms with van der Waals surface area (Å²) in [7, 11) is 0. The van der Waals surface area contributed by atoms with Crippen LogP contribution in [0.15, 0.2) is 133 Å². The molecule has 1 aromatic heterocycles. The minimum Gasteiger partial charge on any atom is -0.355 e. The molecule has 0 atom stereocenters. The molecule has 1 nitrogen and oxygen atoms in total. The van der Waals surface area contributed by atoms with Gasteiger partial charge in [-0.25, -0.2) is 0 Å². The maximum absolute atomic E-state index is 3.75. The van der Waals surface area contributed by atoms with Gasteiger partial charge in [0.1, 0.15) is 0 Å². The number of nitrogens with one attached hydrogen (secondary N) is 1. The normalized spacial score (nSPS) is 11.3. The first-order valence-corrected chi connectivity index (χ1v) is 13.0. The molecule has 2 heteroatoms. The lowest BCUT2D eigenvalue weighted by molar-refractivity contribution is 1.60. The maximum Gasteiger partial charge on any atom is 0.0479 e. The molecule has 36 heavy (non-hydrogen) atoms. The molecule has 0 aliphatic heterocycles. The fourth-order valence-electron chi connectivity index (χ4n) is 5.06. The van der Waals surface area contributed by atoms with Crippen molar-refractivity contribution in [2.75, 3.05) is 5.32 Å². The van der Waals surface area contributed by atoms with E-state index in [2.05, 4.69) is 139 Å². The highest BCUT2D eigenvalue weighted by Crippen LogP contribution is 2.45. The summed E-state index contributed by atoms with van der Waals surface area (Å²) >= 11 is 1.88. The van der Waals surface area contributed by atoms with Gasteiger partial charge in [0.25, 0.3) is 0 Å². The van der Waals surface area contributed by atoms with Gasteiger partial charge in [0.2, 0.25) is 0 Å². The molecular weight excluding hydrogens is 454 g/mol. The minimum absolute atomic E-state index is 1.10. The molecule has 7 aromatic rings. The number of benzene rings is 6. The predicted octanol–water partition coefficient (Wildman–Crippen LogP) is 10.3. The van der Waals surface area contributed by atoms with Crippen molar-refractivity contribution < 1.29 is 0 Å². The van der Waals surface area contributed by atoms with Crippen LogP contribution in [0.5, 0.6) is 0 Å². The Balaban J connectivity index is 1.43. The molecule has 0 aliphatic rings. The summed E-state index contributed by atoms with van der Waals surface area (Å²) in [6.07, 6.45) is 0. The van der Waals surface area contributed by atoms with Crippen LogP contribution < -0.4 is 5.32 Å². The van der Waals surface area contributed by atoms with Crippen molar-refractivity contribution in [2.24, 2.45) is 0 Å². The Labute approximate surface area is 214 Å². The molecule has 0 amide bonds. The second-order valence-corrected chi connectivity index (χ2v) is 10.1. The van der Waals surface area contributed by atoms with Crippen LogP contribution >= 0.6 is 11.3 Å². The van der Waals surface area contributed by atoms with Gasteiger partial charge >= 0.3 is 0 Å². The molecule has 0 fully saturated rings. The van der Waals surface area contributed by atoms with E-state index in [1.165, 1.54) is 53.2 Å². The van der Waals surface area contributed by atoms with Gasteiger partial charge in [-0.15, -0.1) is 11.3 Å². The van der Waals surface area contributed by atoms with E-state index < -0.39 is 0 Å². The van der Waals surface area contributed by atoms with Crippen LogP contribution in [0.3, 0.4) is 0 Å². The standard InChI is InChI=1S/C34H23NS/c1-3-9-23(10-4-1)27-16-18-30-32(22-27)36-34-29(25-12-5-2-6-13-25)19-20-31(33(30)34)35-28-17-15-24-11-7-8-14-26(24)21-28/h1-22,35H. The van der Waals surface area contributed by atoms with Crippen molar-refractivity contribution in [2.45, 2.75) is 0 Å². The zero-order valence-electron chi connectivity index (χ0n) is 19.6. The predicted molar refractivity (Wildman–Crippen MR) is 157 cm³/mol. The van der Waals surface area contributed by atoms with Crippen molar-refractivity contribution in [3.63, 3.8) is 0 Å². The number of anilines is 2. The third-order valence-corrected chi connectivity index (χ3v) is 8.03.